The van der Waals surface area contributed by atoms with Gasteiger partial charge in [0.2, 0.25) is 0 Å². The Kier molecular flexibility index (Phi) is 5.49. The number of hydrogen-bond acceptors (Lipinski definition) is 2. The van der Waals surface area contributed by atoms with Crippen molar-refractivity contribution in [3.05, 3.63) is 28.8 Å². The highest BCUT2D eigenvalue weighted by Gasteiger charge is 2.08. The monoisotopic (exact) mass is 235 g/mol. The Bertz CT molecular complexity index is 360. The van der Waals surface area contributed by atoms with Crippen LogP contribution in [0.15, 0.2) is 12.1 Å². The molecule has 1 atom stereocenters. The van der Waals surface area contributed by atoms with E-state index in [-0.39, 0.29) is 0 Å². The predicted octanol–water partition coefficient (Wildman–Crippen LogP) is 3.38. The van der Waals surface area contributed by atoms with Crippen LogP contribution in [0, 0.1) is 20.8 Å². The maximum atomic E-state index is 5.94. The number of nitrogens with one attached hydrogen (secondary N) is 1. The van der Waals surface area contributed by atoms with Crippen LogP contribution in [0.4, 0.5) is 0 Å². The quantitative estimate of drug-likeness (QED) is 0.816. The van der Waals surface area contributed by atoms with Gasteiger partial charge in [-0.25, -0.2) is 0 Å². The summed E-state index contributed by atoms with van der Waals surface area (Å²) in [7, 11) is 0. The Labute approximate surface area is 105 Å². The lowest BCUT2D eigenvalue weighted by Crippen LogP contribution is -2.32. The van der Waals surface area contributed by atoms with Crippen molar-refractivity contribution in [3.8, 4) is 5.75 Å². The molecular formula is C15H25NO. The summed E-state index contributed by atoms with van der Waals surface area (Å²) in [6.45, 7) is 12.5. The summed E-state index contributed by atoms with van der Waals surface area (Å²) in [6, 6.07) is 4.67. The van der Waals surface area contributed by atoms with E-state index in [1.165, 1.54) is 16.7 Å². The summed E-state index contributed by atoms with van der Waals surface area (Å²) in [4.78, 5) is 0. The fraction of sp³-hybridized carbons (Fsp3) is 0.600. The lowest BCUT2D eigenvalue weighted by molar-refractivity contribution is 0.270. The average molecular weight is 235 g/mol. The zero-order valence-corrected chi connectivity index (χ0v) is 11.8. The zero-order chi connectivity index (χ0) is 12.8. The fourth-order valence-corrected chi connectivity index (χ4v) is 1.81. The lowest BCUT2D eigenvalue weighted by Gasteiger charge is -2.18. The molecule has 1 N–H and O–H groups in total. The van der Waals surface area contributed by atoms with Gasteiger partial charge < -0.3 is 10.1 Å². The minimum absolute atomic E-state index is 0.397. The molecule has 1 rings (SSSR count). The van der Waals surface area contributed by atoms with Crippen molar-refractivity contribution in [1.29, 1.82) is 0 Å². The molecule has 96 valence electrons. The van der Waals surface area contributed by atoms with Crippen LogP contribution in [0.5, 0.6) is 5.75 Å². The van der Waals surface area contributed by atoms with E-state index in [1.807, 2.05) is 0 Å². The van der Waals surface area contributed by atoms with Crippen LogP contribution < -0.4 is 10.1 Å². The van der Waals surface area contributed by atoms with Gasteiger partial charge in [0.05, 0.1) is 0 Å². The van der Waals surface area contributed by atoms with E-state index in [0.29, 0.717) is 6.04 Å². The molecule has 1 aromatic carbocycles. The Morgan fingerprint density at radius 2 is 1.82 bits per heavy atom. The molecule has 0 aliphatic rings. The van der Waals surface area contributed by atoms with Crippen LogP contribution >= 0.6 is 0 Å². The Morgan fingerprint density at radius 3 is 2.47 bits per heavy atom. The van der Waals surface area contributed by atoms with Crippen LogP contribution in [0.1, 0.15) is 37.0 Å². The van der Waals surface area contributed by atoms with Gasteiger partial charge in [-0.05, 0) is 57.4 Å². The van der Waals surface area contributed by atoms with Crippen LogP contribution in [-0.2, 0) is 0 Å². The number of benzene rings is 1. The molecule has 0 spiro atoms. The fourth-order valence-electron chi connectivity index (χ4n) is 1.81. The summed E-state index contributed by atoms with van der Waals surface area (Å²) in [6.07, 6.45) is 1.16. The van der Waals surface area contributed by atoms with E-state index >= 15 is 0 Å². The summed E-state index contributed by atoms with van der Waals surface area (Å²) in [5, 5.41) is 3.43. The second kappa shape index (κ2) is 6.65. The molecule has 1 aromatic rings. The first-order chi connectivity index (χ1) is 8.06. The van der Waals surface area contributed by atoms with E-state index in [4.69, 9.17) is 4.74 Å². The highest BCUT2D eigenvalue weighted by atomic mass is 16.5. The molecule has 0 radical (unpaired) electrons. The molecule has 2 heteroatoms. The molecule has 0 aliphatic carbocycles. The van der Waals surface area contributed by atoms with Gasteiger partial charge in [-0.3, -0.25) is 0 Å². The maximum absolute atomic E-state index is 5.94. The van der Waals surface area contributed by atoms with Crippen LogP contribution in [0.3, 0.4) is 0 Å². The van der Waals surface area contributed by atoms with Crippen LogP contribution in [-0.4, -0.2) is 19.2 Å². The van der Waals surface area contributed by atoms with Crippen molar-refractivity contribution in [2.75, 3.05) is 13.2 Å². The normalized spacial score (nSPS) is 12.5. The number of aryl methyl sites for hydroxylation is 2. The summed E-state index contributed by atoms with van der Waals surface area (Å²) in [5.41, 5.74) is 3.77. The van der Waals surface area contributed by atoms with E-state index in [9.17, 15) is 0 Å². The maximum Gasteiger partial charge on any atom is 0.125 e. The first-order valence-electron chi connectivity index (χ1n) is 6.49. The molecule has 2 nitrogen and oxygen atoms in total. The summed E-state index contributed by atoms with van der Waals surface area (Å²) in [5.74, 6) is 1.05. The third-order valence-electron chi connectivity index (χ3n) is 3.09. The third kappa shape index (κ3) is 4.04. The van der Waals surface area contributed by atoms with E-state index < -0.39 is 0 Å². The van der Waals surface area contributed by atoms with E-state index in [1.54, 1.807) is 0 Å². The van der Waals surface area contributed by atoms with Crippen molar-refractivity contribution >= 4 is 0 Å². The molecule has 0 saturated heterocycles. The van der Waals surface area contributed by atoms with Gasteiger partial charge >= 0.3 is 0 Å². The van der Waals surface area contributed by atoms with Gasteiger partial charge in [-0.1, -0.05) is 19.1 Å². The second-order valence-corrected chi connectivity index (χ2v) is 4.82. The van der Waals surface area contributed by atoms with E-state index in [0.717, 1.165) is 25.3 Å². The average Bonchev–Trinajstić information content (AvgIpc) is 2.31. The van der Waals surface area contributed by atoms with Gasteiger partial charge in [0.1, 0.15) is 12.4 Å². The third-order valence-corrected chi connectivity index (χ3v) is 3.09. The molecule has 0 amide bonds. The predicted molar refractivity (Wildman–Crippen MR) is 73.9 cm³/mol. The number of rotatable bonds is 6. The van der Waals surface area contributed by atoms with Crippen LogP contribution in [0.2, 0.25) is 0 Å². The zero-order valence-electron chi connectivity index (χ0n) is 11.8. The van der Waals surface area contributed by atoms with Gasteiger partial charge in [0, 0.05) is 6.04 Å². The van der Waals surface area contributed by atoms with Crippen molar-refractivity contribution in [1.82, 2.24) is 5.32 Å². The van der Waals surface area contributed by atoms with Gasteiger partial charge in [-0.2, -0.15) is 0 Å². The van der Waals surface area contributed by atoms with Crippen molar-refractivity contribution in [2.45, 2.75) is 47.1 Å². The van der Waals surface area contributed by atoms with Crippen molar-refractivity contribution in [3.63, 3.8) is 0 Å². The molecule has 0 aliphatic heterocycles. The van der Waals surface area contributed by atoms with Crippen molar-refractivity contribution < 1.29 is 4.74 Å². The molecular weight excluding hydrogens is 210 g/mol. The summed E-state index contributed by atoms with van der Waals surface area (Å²) >= 11 is 0. The van der Waals surface area contributed by atoms with Gasteiger partial charge in [0.15, 0.2) is 0 Å². The molecule has 0 heterocycles. The highest BCUT2D eigenvalue weighted by Crippen LogP contribution is 2.25. The van der Waals surface area contributed by atoms with E-state index in [2.05, 4.69) is 52.1 Å². The largest absolute Gasteiger partial charge is 0.491 e. The number of hydrogen-bond donors (Lipinski definition) is 1. The lowest BCUT2D eigenvalue weighted by atomic mass is 10.1. The molecule has 0 aromatic heterocycles. The molecule has 1 unspecified atom stereocenters. The van der Waals surface area contributed by atoms with Gasteiger partial charge in [-0.15, -0.1) is 0 Å². The first kappa shape index (κ1) is 14.0. The molecule has 17 heavy (non-hydrogen) atoms. The first-order valence-corrected chi connectivity index (χ1v) is 6.49. The molecule has 0 bridgehead atoms. The highest BCUT2D eigenvalue weighted by molar-refractivity contribution is 5.44. The second-order valence-electron chi connectivity index (χ2n) is 4.82. The number of ether oxygens (including phenoxy) is 1. The Hall–Kier alpha value is -1.02. The smallest absolute Gasteiger partial charge is 0.125 e. The Balaban J connectivity index is 2.60. The molecule has 0 saturated carbocycles. The summed E-state index contributed by atoms with van der Waals surface area (Å²) < 4.78 is 5.94. The topological polar surface area (TPSA) is 21.3 Å². The van der Waals surface area contributed by atoms with Crippen LogP contribution in [0.25, 0.3) is 0 Å². The SMILES string of the molecule is CCCNC(C)COc1c(C)ccc(C)c1C. The standard InChI is InChI=1S/C15H25NO/c1-6-9-16-13(4)10-17-15-12(3)8-7-11(2)14(15)5/h7-8,13,16H,6,9-10H2,1-5H3. The minimum atomic E-state index is 0.397. The minimum Gasteiger partial charge on any atom is -0.491 e. The molecule has 0 fully saturated rings. The Morgan fingerprint density at radius 1 is 1.18 bits per heavy atom. The van der Waals surface area contributed by atoms with Crippen molar-refractivity contribution in [2.24, 2.45) is 0 Å². The van der Waals surface area contributed by atoms with Gasteiger partial charge in [0.25, 0.3) is 0 Å².